The number of thiophene rings is 1. The third-order valence-electron chi connectivity index (χ3n) is 3.19. The number of carbonyl (C=O) groups is 1. The molecule has 5 nitrogen and oxygen atoms in total. The van der Waals surface area contributed by atoms with Gasteiger partial charge in [-0.3, -0.25) is 9.89 Å². The van der Waals surface area contributed by atoms with Gasteiger partial charge in [0.25, 0.3) is 0 Å². The molecule has 0 fully saturated rings. The van der Waals surface area contributed by atoms with Gasteiger partial charge in [-0.1, -0.05) is 12.1 Å². The zero-order chi connectivity index (χ0) is 14.7. The zero-order valence-corrected chi connectivity index (χ0v) is 12.4. The standard InChI is InChI=1S/C15H15N3O2S/c1-20-14(19)7-11-5-6-12(21-11)9-16-13-4-2-3-10-8-17-18-15(10)13/h2-6,8,16H,7,9H2,1H3,(H,17,18). The van der Waals surface area contributed by atoms with E-state index in [1.54, 1.807) is 17.5 Å². The van der Waals surface area contributed by atoms with E-state index in [0.29, 0.717) is 13.0 Å². The molecule has 2 N–H and O–H groups in total. The Labute approximate surface area is 125 Å². The van der Waals surface area contributed by atoms with Gasteiger partial charge in [-0.05, 0) is 18.2 Å². The highest BCUT2D eigenvalue weighted by Crippen LogP contribution is 2.23. The number of nitrogens with zero attached hydrogens (tertiary/aromatic N) is 1. The number of carbonyl (C=O) groups excluding carboxylic acids is 1. The molecule has 0 radical (unpaired) electrons. The van der Waals surface area contributed by atoms with Crippen molar-refractivity contribution in [1.82, 2.24) is 10.2 Å². The molecule has 0 aliphatic rings. The normalized spacial score (nSPS) is 10.7. The van der Waals surface area contributed by atoms with Crippen LogP contribution in [0.5, 0.6) is 0 Å². The van der Waals surface area contributed by atoms with Crippen LogP contribution in [0.3, 0.4) is 0 Å². The van der Waals surface area contributed by atoms with Gasteiger partial charge < -0.3 is 10.1 Å². The zero-order valence-electron chi connectivity index (χ0n) is 11.6. The fourth-order valence-electron chi connectivity index (χ4n) is 2.13. The van der Waals surface area contributed by atoms with E-state index in [2.05, 4.69) is 20.3 Å². The van der Waals surface area contributed by atoms with Gasteiger partial charge in [0.1, 0.15) is 0 Å². The lowest BCUT2D eigenvalue weighted by atomic mass is 10.2. The lowest BCUT2D eigenvalue weighted by Gasteiger charge is -2.05. The molecule has 0 aliphatic carbocycles. The van der Waals surface area contributed by atoms with Crippen molar-refractivity contribution in [2.75, 3.05) is 12.4 Å². The number of para-hydroxylation sites is 1. The van der Waals surface area contributed by atoms with Crippen molar-refractivity contribution in [2.45, 2.75) is 13.0 Å². The Hall–Kier alpha value is -2.34. The summed E-state index contributed by atoms with van der Waals surface area (Å²) in [4.78, 5) is 13.4. The molecule has 0 unspecified atom stereocenters. The minimum Gasteiger partial charge on any atom is -0.469 e. The minimum absolute atomic E-state index is 0.210. The molecule has 3 rings (SSSR count). The average Bonchev–Trinajstić information content (AvgIpc) is 3.13. The molecule has 1 aromatic carbocycles. The van der Waals surface area contributed by atoms with E-state index in [1.807, 2.05) is 30.3 Å². The van der Waals surface area contributed by atoms with Crippen molar-refractivity contribution < 1.29 is 9.53 Å². The van der Waals surface area contributed by atoms with Crippen LogP contribution < -0.4 is 5.32 Å². The molecular weight excluding hydrogens is 286 g/mol. The summed E-state index contributed by atoms with van der Waals surface area (Å²) >= 11 is 1.61. The second-order valence-electron chi connectivity index (χ2n) is 4.61. The number of ether oxygens (including phenoxy) is 1. The summed E-state index contributed by atoms with van der Waals surface area (Å²) in [6.45, 7) is 0.712. The Balaban J connectivity index is 1.68. The van der Waals surface area contributed by atoms with E-state index in [0.717, 1.165) is 21.5 Å². The van der Waals surface area contributed by atoms with E-state index in [9.17, 15) is 4.79 Å². The molecule has 21 heavy (non-hydrogen) atoms. The molecule has 0 amide bonds. The lowest BCUT2D eigenvalue weighted by Crippen LogP contribution is -2.02. The smallest absolute Gasteiger partial charge is 0.310 e. The highest BCUT2D eigenvalue weighted by Gasteiger charge is 2.07. The van der Waals surface area contributed by atoms with Crippen LogP contribution in [0.4, 0.5) is 5.69 Å². The Morgan fingerprint density at radius 2 is 2.19 bits per heavy atom. The van der Waals surface area contributed by atoms with E-state index < -0.39 is 0 Å². The third-order valence-corrected chi connectivity index (χ3v) is 4.28. The molecular formula is C15H15N3O2S. The van der Waals surface area contributed by atoms with Crippen LogP contribution in [0.15, 0.2) is 36.5 Å². The van der Waals surface area contributed by atoms with Gasteiger partial charge in [0.05, 0.1) is 30.9 Å². The first kappa shape index (κ1) is 13.6. The number of benzene rings is 1. The van der Waals surface area contributed by atoms with Crippen molar-refractivity contribution in [3.8, 4) is 0 Å². The number of anilines is 1. The fourth-order valence-corrected chi connectivity index (χ4v) is 3.07. The van der Waals surface area contributed by atoms with Crippen molar-refractivity contribution in [3.63, 3.8) is 0 Å². The first-order valence-electron chi connectivity index (χ1n) is 6.56. The van der Waals surface area contributed by atoms with Gasteiger partial charge in [-0.2, -0.15) is 5.10 Å². The molecule has 0 saturated heterocycles. The number of methoxy groups -OCH3 is 1. The monoisotopic (exact) mass is 301 g/mol. The number of hydrogen-bond donors (Lipinski definition) is 2. The van der Waals surface area contributed by atoms with E-state index in [4.69, 9.17) is 0 Å². The average molecular weight is 301 g/mol. The van der Waals surface area contributed by atoms with Gasteiger partial charge >= 0.3 is 5.97 Å². The van der Waals surface area contributed by atoms with E-state index in [-0.39, 0.29) is 5.97 Å². The summed E-state index contributed by atoms with van der Waals surface area (Å²) in [6.07, 6.45) is 2.14. The molecule has 2 aromatic heterocycles. The van der Waals surface area contributed by atoms with Gasteiger partial charge in [0.15, 0.2) is 0 Å². The maximum absolute atomic E-state index is 11.2. The van der Waals surface area contributed by atoms with Crippen LogP contribution in [0.2, 0.25) is 0 Å². The molecule has 0 spiro atoms. The van der Waals surface area contributed by atoms with Crippen LogP contribution in [0, 0.1) is 0 Å². The largest absolute Gasteiger partial charge is 0.469 e. The van der Waals surface area contributed by atoms with E-state index in [1.165, 1.54) is 12.0 Å². The molecule has 0 atom stereocenters. The van der Waals surface area contributed by atoms with Gasteiger partial charge in [-0.15, -0.1) is 11.3 Å². The maximum Gasteiger partial charge on any atom is 0.310 e. The fraction of sp³-hybridized carbons (Fsp3) is 0.200. The minimum atomic E-state index is -0.210. The Bertz CT molecular complexity index is 763. The van der Waals surface area contributed by atoms with Crippen LogP contribution in [0.1, 0.15) is 9.75 Å². The van der Waals surface area contributed by atoms with Crippen LogP contribution >= 0.6 is 11.3 Å². The van der Waals surface area contributed by atoms with Gasteiger partial charge in [0, 0.05) is 21.7 Å². The first-order chi connectivity index (χ1) is 10.3. The summed E-state index contributed by atoms with van der Waals surface area (Å²) in [5, 5.41) is 11.5. The van der Waals surface area contributed by atoms with Gasteiger partial charge in [0.2, 0.25) is 0 Å². The van der Waals surface area contributed by atoms with Crippen LogP contribution in [0.25, 0.3) is 10.9 Å². The van der Waals surface area contributed by atoms with Crippen molar-refractivity contribution in [3.05, 3.63) is 46.3 Å². The number of nitrogens with one attached hydrogen (secondary N) is 2. The molecule has 108 valence electrons. The molecule has 0 bridgehead atoms. The first-order valence-corrected chi connectivity index (χ1v) is 7.38. The molecule has 2 heterocycles. The highest BCUT2D eigenvalue weighted by molar-refractivity contribution is 7.12. The van der Waals surface area contributed by atoms with Crippen molar-refractivity contribution in [1.29, 1.82) is 0 Å². The third kappa shape index (κ3) is 3.05. The van der Waals surface area contributed by atoms with Crippen molar-refractivity contribution in [2.24, 2.45) is 0 Å². The maximum atomic E-state index is 11.2. The summed E-state index contributed by atoms with van der Waals surface area (Å²) in [5.74, 6) is -0.210. The Morgan fingerprint density at radius 1 is 1.33 bits per heavy atom. The summed E-state index contributed by atoms with van der Waals surface area (Å²) in [6, 6.07) is 10.0. The number of fused-ring (bicyclic) bond motifs is 1. The summed E-state index contributed by atoms with van der Waals surface area (Å²) < 4.78 is 4.67. The van der Waals surface area contributed by atoms with Crippen LogP contribution in [-0.4, -0.2) is 23.3 Å². The molecule has 0 aliphatic heterocycles. The molecule has 0 saturated carbocycles. The Kier molecular flexibility index (Phi) is 3.87. The number of rotatable bonds is 5. The number of aromatic amines is 1. The number of aromatic nitrogens is 2. The van der Waals surface area contributed by atoms with Crippen LogP contribution in [-0.2, 0) is 22.5 Å². The number of H-pyrrole nitrogens is 1. The Morgan fingerprint density at radius 3 is 3.05 bits per heavy atom. The number of esters is 1. The second kappa shape index (κ2) is 5.97. The SMILES string of the molecule is COC(=O)Cc1ccc(CNc2cccc3cn[nH]c23)s1. The lowest BCUT2D eigenvalue weighted by molar-refractivity contribution is -0.139. The quantitative estimate of drug-likeness (QED) is 0.711. The molecule has 6 heteroatoms. The van der Waals surface area contributed by atoms with Gasteiger partial charge in [-0.25, -0.2) is 0 Å². The predicted octanol–water partition coefficient (Wildman–Crippen LogP) is 2.95. The van der Waals surface area contributed by atoms with E-state index >= 15 is 0 Å². The number of hydrogen-bond acceptors (Lipinski definition) is 5. The summed E-state index contributed by atoms with van der Waals surface area (Å²) in [5.41, 5.74) is 2.02. The topological polar surface area (TPSA) is 67.0 Å². The van der Waals surface area contributed by atoms with Crippen molar-refractivity contribution >= 4 is 33.9 Å². The molecule has 3 aromatic rings. The summed E-state index contributed by atoms with van der Waals surface area (Å²) in [7, 11) is 1.41. The second-order valence-corrected chi connectivity index (χ2v) is 5.87. The predicted molar refractivity (Wildman–Crippen MR) is 83.5 cm³/mol. The highest BCUT2D eigenvalue weighted by atomic mass is 32.1.